The Kier molecular flexibility index (Phi) is 3.16. The third-order valence-electron chi connectivity index (χ3n) is 4.04. The van der Waals surface area contributed by atoms with Gasteiger partial charge in [-0.3, -0.25) is 4.79 Å². The van der Waals surface area contributed by atoms with E-state index >= 15 is 0 Å². The van der Waals surface area contributed by atoms with Crippen LogP contribution in [0, 0.1) is 0 Å². The number of fused-ring (bicyclic) bond motifs is 2. The van der Waals surface area contributed by atoms with Crippen molar-refractivity contribution in [3.05, 3.63) is 64.9 Å². The smallest absolute Gasteiger partial charge is 0.294 e. The zero-order chi connectivity index (χ0) is 15.1. The molecule has 2 aromatic carbocycles. The Morgan fingerprint density at radius 2 is 2.00 bits per heavy atom. The number of carbonyl (C=O) groups is 1. The maximum Gasteiger partial charge on any atom is 0.294 e. The van der Waals surface area contributed by atoms with Gasteiger partial charge in [-0.05, 0) is 48.7 Å². The fourth-order valence-electron chi connectivity index (χ4n) is 3.00. The van der Waals surface area contributed by atoms with Crippen LogP contribution in [0.4, 0.5) is 5.69 Å². The van der Waals surface area contributed by atoms with Gasteiger partial charge in [-0.1, -0.05) is 29.8 Å². The van der Waals surface area contributed by atoms with Crippen LogP contribution in [0.15, 0.2) is 52.9 Å². The van der Waals surface area contributed by atoms with E-state index in [9.17, 15) is 4.79 Å². The molecular weight excluding hydrogens is 298 g/mol. The number of aryl methyl sites for hydroxylation is 1. The quantitative estimate of drug-likeness (QED) is 0.654. The minimum Gasteiger partial charge on any atom is -0.451 e. The topological polar surface area (TPSA) is 33.5 Å². The highest BCUT2D eigenvalue weighted by Gasteiger charge is 2.25. The number of hydrogen-bond acceptors (Lipinski definition) is 2. The Labute approximate surface area is 133 Å². The molecule has 0 fully saturated rings. The molecule has 0 spiro atoms. The van der Waals surface area contributed by atoms with Crippen LogP contribution in [0.1, 0.15) is 22.5 Å². The van der Waals surface area contributed by atoms with Gasteiger partial charge in [0.25, 0.3) is 5.91 Å². The van der Waals surface area contributed by atoms with E-state index in [0.29, 0.717) is 22.9 Å². The van der Waals surface area contributed by atoms with Crippen LogP contribution in [0.5, 0.6) is 0 Å². The first-order chi connectivity index (χ1) is 10.7. The molecule has 3 nitrogen and oxygen atoms in total. The standard InChI is InChI=1S/C18H14ClNO2/c19-14-7-8-16-13(10-14)11-17(22-16)18(21)20-9-3-5-12-4-1-2-6-15(12)20/h1-2,4,6-8,10-11H,3,5,9H2. The normalized spacial score (nSPS) is 14.1. The van der Waals surface area contributed by atoms with Crippen LogP contribution in [0.2, 0.25) is 5.02 Å². The molecule has 22 heavy (non-hydrogen) atoms. The van der Waals surface area contributed by atoms with Crippen molar-refractivity contribution in [1.29, 1.82) is 0 Å². The van der Waals surface area contributed by atoms with Crippen LogP contribution >= 0.6 is 11.6 Å². The molecule has 0 saturated heterocycles. The summed E-state index contributed by atoms with van der Waals surface area (Å²) in [6.45, 7) is 0.716. The number of para-hydroxylation sites is 1. The summed E-state index contributed by atoms with van der Waals surface area (Å²) in [6, 6.07) is 15.2. The van der Waals surface area contributed by atoms with Crippen molar-refractivity contribution < 1.29 is 9.21 Å². The van der Waals surface area contributed by atoms with Gasteiger partial charge in [-0.2, -0.15) is 0 Å². The van der Waals surface area contributed by atoms with Crippen LogP contribution in [0.25, 0.3) is 11.0 Å². The molecule has 0 atom stereocenters. The van der Waals surface area contributed by atoms with E-state index in [1.165, 1.54) is 5.56 Å². The maximum atomic E-state index is 12.8. The number of anilines is 1. The lowest BCUT2D eigenvalue weighted by atomic mass is 10.0. The first-order valence-corrected chi connectivity index (χ1v) is 7.69. The summed E-state index contributed by atoms with van der Waals surface area (Å²) >= 11 is 5.99. The molecule has 2 heterocycles. The number of halogens is 1. The Morgan fingerprint density at radius 3 is 2.91 bits per heavy atom. The molecule has 1 amide bonds. The average molecular weight is 312 g/mol. The second kappa shape index (κ2) is 5.18. The van der Waals surface area contributed by atoms with Crippen molar-refractivity contribution in [3.63, 3.8) is 0 Å². The van der Waals surface area contributed by atoms with Gasteiger partial charge < -0.3 is 9.32 Å². The molecule has 0 N–H and O–H groups in total. The van der Waals surface area contributed by atoms with Crippen LogP contribution < -0.4 is 4.90 Å². The Morgan fingerprint density at radius 1 is 1.14 bits per heavy atom. The fourth-order valence-corrected chi connectivity index (χ4v) is 3.18. The van der Waals surface area contributed by atoms with Crippen molar-refractivity contribution in [1.82, 2.24) is 0 Å². The Hall–Kier alpha value is -2.26. The van der Waals surface area contributed by atoms with Crippen LogP contribution in [-0.4, -0.2) is 12.5 Å². The molecule has 3 aromatic rings. The molecule has 0 radical (unpaired) electrons. The molecular formula is C18H14ClNO2. The summed E-state index contributed by atoms with van der Waals surface area (Å²) in [6.07, 6.45) is 1.98. The van der Waals surface area contributed by atoms with Gasteiger partial charge in [-0.25, -0.2) is 0 Å². The minimum absolute atomic E-state index is 0.0977. The van der Waals surface area contributed by atoms with Gasteiger partial charge in [0.1, 0.15) is 5.58 Å². The van der Waals surface area contributed by atoms with Crippen LogP contribution in [0.3, 0.4) is 0 Å². The maximum absolute atomic E-state index is 12.8. The lowest BCUT2D eigenvalue weighted by Crippen LogP contribution is -2.35. The molecule has 4 heteroatoms. The predicted octanol–water partition coefficient (Wildman–Crippen LogP) is 4.68. The lowest BCUT2D eigenvalue weighted by Gasteiger charge is -2.28. The van der Waals surface area contributed by atoms with E-state index in [-0.39, 0.29) is 5.91 Å². The molecule has 1 aromatic heterocycles. The summed E-state index contributed by atoms with van der Waals surface area (Å²) in [5, 5.41) is 1.48. The van der Waals surface area contributed by atoms with Crippen molar-refractivity contribution in [2.45, 2.75) is 12.8 Å². The summed E-state index contributed by atoms with van der Waals surface area (Å²) in [7, 11) is 0. The van der Waals surface area contributed by atoms with E-state index in [2.05, 4.69) is 6.07 Å². The van der Waals surface area contributed by atoms with E-state index < -0.39 is 0 Å². The fraction of sp³-hybridized carbons (Fsp3) is 0.167. The van der Waals surface area contributed by atoms with Crippen LogP contribution in [-0.2, 0) is 6.42 Å². The Bertz CT molecular complexity index is 868. The van der Waals surface area contributed by atoms with Gasteiger partial charge >= 0.3 is 0 Å². The molecule has 1 aliphatic heterocycles. The number of benzene rings is 2. The number of furan rings is 1. The molecule has 1 aliphatic rings. The van der Waals surface area contributed by atoms with E-state index in [1.54, 1.807) is 29.2 Å². The summed E-state index contributed by atoms with van der Waals surface area (Å²) < 4.78 is 5.70. The van der Waals surface area contributed by atoms with Crippen molar-refractivity contribution >= 4 is 34.2 Å². The number of carbonyl (C=O) groups excluding carboxylic acids is 1. The molecule has 0 unspecified atom stereocenters. The third-order valence-corrected chi connectivity index (χ3v) is 4.28. The molecule has 4 rings (SSSR count). The van der Waals surface area contributed by atoms with E-state index in [0.717, 1.165) is 23.9 Å². The minimum atomic E-state index is -0.0977. The largest absolute Gasteiger partial charge is 0.451 e. The second-order valence-corrected chi connectivity index (χ2v) is 5.92. The average Bonchev–Trinajstić information content (AvgIpc) is 2.96. The zero-order valence-corrected chi connectivity index (χ0v) is 12.6. The van der Waals surface area contributed by atoms with Crippen molar-refractivity contribution in [3.8, 4) is 0 Å². The van der Waals surface area contributed by atoms with Crippen molar-refractivity contribution in [2.24, 2.45) is 0 Å². The second-order valence-electron chi connectivity index (χ2n) is 5.48. The van der Waals surface area contributed by atoms with E-state index in [1.807, 2.05) is 18.2 Å². The monoisotopic (exact) mass is 311 g/mol. The SMILES string of the molecule is O=C(c1cc2cc(Cl)ccc2o1)N1CCCc2ccccc21. The molecule has 0 bridgehead atoms. The van der Waals surface area contributed by atoms with Crippen molar-refractivity contribution in [2.75, 3.05) is 11.4 Å². The highest BCUT2D eigenvalue weighted by molar-refractivity contribution is 6.31. The number of nitrogens with zero attached hydrogens (tertiary/aromatic N) is 1. The predicted molar refractivity (Wildman–Crippen MR) is 87.7 cm³/mol. The zero-order valence-electron chi connectivity index (χ0n) is 11.9. The summed E-state index contributed by atoms with van der Waals surface area (Å²) in [4.78, 5) is 14.6. The lowest BCUT2D eigenvalue weighted by molar-refractivity contribution is 0.0960. The first-order valence-electron chi connectivity index (χ1n) is 7.31. The molecule has 0 aliphatic carbocycles. The van der Waals surface area contributed by atoms with Gasteiger partial charge in [0.05, 0.1) is 0 Å². The first kappa shape index (κ1) is 13.4. The molecule has 110 valence electrons. The van der Waals surface area contributed by atoms with Gasteiger partial charge in [-0.15, -0.1) is 0 Å². The number of amides is 1. The summed E-state index contributed by atoms with van der Waals surface area (Å²) in [5.41, 5.74) is 2.87. The highest BCUT2D eigenvalue weighted by Crippen LogP contribution is 2.30. The number of rotatable bonds is 1. The van der Waals surface area contributed by atoms with E-state index in [4.69, 9.17) is 16.0 Å². The molecule has 0 saturated carbocycles. The number of hydrogen-bond donors (Lipinski definition) is 0. The third kappa shape index (κ3) is 2.18. The Balaban J connectivity index is 1.75. The highest BCUT2D eigenvalue weighted by atomic mass is 35.5. The van der Waals surface area contributed by atoms with Gasteiger partial charge in [0, 0.05) is 22.6 Å². The summed E-state index contributed by atoms with van der Waals surface area (Å²) in [5.74, 6) is 0.258. The van der Waals surface area contributed by atoms with Gasteiger partial charge in [0.2, 0.25) is 0 Å². The van der Waals surface area contributed by atoms with Gasteiger partial charge in [0.15, 0.2) is 5.76 Å².